The molecule has 32 heavy (non-hydrogen) atoms. The fraction of sp³-hybridized carbons (Fsp3) is 0.333. The van der Waals surface area contributed by atoms with Crippen LogP contribution in [0.3, 0.4) is 0 Å². The van der Waals surface area contributed by atoms with Crippen molar-refractivity contribution < 1.29 is 18.5 Å². The van der Waals surface area contributed by atoms with Crippen LogP contribution in [0.1, 0.15) is 43.6 Å². The molecule has 3 aromatic rings. The first-order chi connectivity index (χ1) is 15.5. The maximum absolute atomic E-state index is 13.5. The van der Waals surface area contributed by atoms with Gasteiger partial charge in [-0.05, 0) is 31.9 Å². The minimum absolute atomic E-state index is 0.110. The van der Waals surface area contributed by atoms with Crippen LogP contribution in [0, 0.1) is 5.82 Å². The van der Waals surface area contributed by atoms with Crippen LogP contribution in [0.5, 0.6) is 0 Å². The molecule has 1 saturated heterocycles. The molecule has 2 aromatic carbocycles. The molecule has 1 amide bonds. The molecule has 0 aliphatic carbocycles. The predicted octanol–water partition coefficient (Wildman–Crippen LogP) is 4.17. The number of benzene rings is 2. The van der Waals surface area contributed by atoms with Gasteiger partial charge in [-0.1, -0.05) is 52.8 Å². The third kappa shape index (κ3) is 3.88. The summed E-state index contributed by atoms with van der Waals surface area (Å²) >= 11 is 0. The molecule has 164 valence electrons. The topological polar surface area (TPSA) is 80.8 Å². The van der Waals surface area contributed by atoms with Gasteiger partial charge in [0.25, 0.3) is 5.91 Å². The van der Waals surface area contributed by atoms with E-state index >= 15 is 0 Å². The number of oxime groups is 1. The first-order valence-corrected chi connectivity index (χ1v) is 10.7. The number of piperidine rings is 1. The zero-order chi connectivity index (χ0) is 22.1. The number of hydrogen-bond acceptors (Lipinski definition) is 6. The van der Waals surface area contributed by atoms with Crippen molar-refractivity contribution in [3.63, 3.8) is 0 Å². The van der Waals surface area contributed by atoms with Gasteiger partial charge in [-0.15, -0.1) is 0 Å². The normalized spacial score (nSPS) is 21.3. The van der Waals surface area contributed by atoms with Crippen molar-refractivity contribution in [3.8, 4) is 11.4 Å². The summed E-state index contributed by atoms with van der Waals surface area (Å²) in [6.07, 6.45) is 1.77. The van der Waals surface area contributed by atoms with Gasteiger partial charge in [-0.25, -0.2) is 4.39 Å². The standard InChI is InChI=1S/C24H23FN4O3/c1-24(15-20(27-32-24)18-8-5-9-19(25)14-18)23(30)29-12-10-17(11-13-29)22-26-21(28-31-22)16-6-3-2-4-7-16/h2-9,14,17H,10-13,15H2,1H3. The smallest absolute Gasteiger partial charge is 0.269 e. The van der Waals surface area contributed by atoms with Gasteiger partial charge >= 0.3 is 0 Å². The summed E-state index contributed by atoms with van der Waals surface area (Å²) in [6, 6.07) is 15.9. The lowest BCUT2D eigenvalue weighted by Crippen LogP contribution is -2.49. The summed E-state index contributed by atoms with van der Waals surface area (Å²) in [5.74, 6) is 0.842. The van der Waals surface area contributed by atoms with Gasteiger partial charge in [0.1, 0.15) is 5.82 Å². The minimum Gasteiger partial charge on any atom is -0.379 e. The van der Waals surface area contributed by atoms with Gasteiger partial charge in [0.05, 0.1) is 5.71 Å². The van der Waals surface area contributed by atoms with E-state index in [0.29, 0.717) is 42.5 Å². The SMILES string of the molecule is CC1(C(=O)N2CCC(c3nc(-c4ccccc4)no3)CC2)CC(c2cccc(F)c2)=NO1. The van der Waals surface area contributed by atoms with E-state index in [2.05, 4.69) is 15.3 Å². The Bertz CT molecular complexity index is 1150. The second kappa shape index (κ2) is 8.18. The first-order valence-electron chi connectivity index (χ1n) is 10.7. The number of carbonyl (C=O) groups excluding carboxylic acids is 1. The van der Waals surface area contributed by atoms with E-state index < -0.39 is 5.60 Å². The van der Waals surface area contributed by atoms with Crippen molar-refractivity contribution in [2.75, 3.05) is 13.1 Å². The van der Waals surface area contributed by atoms with Crippen molar-refractivity contribution >= 4 is 11.6 Å². The number of amides is 1. The highest BCUT2D eigenvalue weighted by atomic mass is 19.1. The highest BCUT2D eigenvalue weighted by Gasteiger charge is 2.45. The Labute approximate surface area is 184 Å². The van der Waals surface area contributed by atoms with E-state index in [-0.39, 0.29) is 17.6 Å². The van der Waals surface area contributed by atoms with Crippen LogP contribution < -0.4 is 0 Å². The highest BCUT2D eigenvalue weighted by Crippen LogP contribution is 2.33. The molecular weight excluding hydrogens is 411 g/mol. The third-order valence-electron chi connectivity index (χ3n) is 6.08. The predicted molar refractivity (Wildman–Crippen MR) is 115 cm³/mol. The number of rotatable bonds is 4. The number of likely N-dealkylation sites (tertiary alicyclic amines) is 1. The van der Waals surface area contributed by atoms with Gasteiger partial charge in [0.15, 0.2) is 0 Å². The monoisotopic (exact) mass is 434 g/mol. The Morgan fingerprint density at radius 2 is 1.84 bits per heavy atom. The molecule has 7 nitrogen and oxygen atoms in total. The van der Waals surface area contributed by atoms with Gasteiger partial charge in [0.2, 0.25) is 17.3 Å². The number of hydrogen-bond donors (Lipinski definition) is 0. The molecule has 0 N–H and O–H groups in total. The summed E-state index contributed by atoms with van der Waals surface area (Å²) < 4.78 is 19.1. The lowest BCUT2D eigenvalue weighted by atomic mass is 9.91. The summed E-state index contributed by atoms with van der Waals surface area (Å²) in [6.45, 7) is 2.88. The van der Waals surface area contributed by atoms with Crippen LogP contribution in [0.2, 0.25) is 0 Å². The second-order valence-electron chi connectivity index (χ2n) is 8.44. The summed E-state index contributed by atoms with van der Waals surface area (Å²) in [7, 11) is 0. The number of carbonyl (C=O) groups is 1. The number of halogens is 1. The summed E-state index contributed by atoms with van der Waals surface area (Å²) in [5.41, 5.74) is 1.04. The van der Waals surface area contributed by atoms with Crippen LogP contribution >= 0.6 is 0 Å². The molecule has 2 aliphatic heterocycles. The zero-order valence-electron chi connectivity index (χ0n) is 17.7. The number of nitrogens with zero attached hydrogens (tertiary/aromatic N) is 4. The highest BCUT2D eigenvalue weighted by molar-refractivity contribution is 6.05. The van der Waals surface area contributed by atoms with E-state index in [9.17, 15) is 9.18 Å². The molecule has 3 heterocycles. The molecule has 0 radical (unpaired) electrons. The Hall–Kier alpha value is -3.55. The molecule has 0 spiro atoms. The Kier molecular flexibility index (Phi) is 5.20. The molecule has 0 bridgehead atoms. The average Bonchev–Trinajstić information content (AvgIpc) is 3.48. The van der Waals surface area contributed by atoms with Crippen molar-refractivity contribution in [1.82, 2.24) is 15.0 Å². The second-order valence-corrected chi connectivity index (χ2v) is 8.44. The van der Waals surface area contributed by atoms with Crippen LogP contribution in [0.4, 0.5) is 4.39 Å². The van der Waals surface area contributed by atoms with Crippen molar-refractivity contribution in [2.45, 2.75) is 37.7 Å². The molecule has 1 atom stereocenters. The minimum atomic E-state index is -1.08. The van der Waals surface area contributed by atoms with Crippen molar-refractivity contribution in [2.24, 2.45) is 5.16 Å². The van der Waals surface area contributed by atoms with Gasteiger partial charge < -0.3 is 14.3 Å². The summed E-state index contributed by atoms with van der Waals surface area (Å²) in [5, 5.41) is 8.18. The molecule has 2 aliphatic rings. The van der Waals surface area contributed by atoms with Gasteiger partial charge in [-0.3, -0.25) is 4.79 Å². The molecular formula is C24H23FN4O3. The largest absolute Gasteiger partial charge is 0.379 e. The van der Waals surface area contributed by atoms with Crippen LogP contribution in [0.25, 0.3) is 11.4 Å². The Morgan fingerprint density at radius 3 is 2.59 bits per heavy atom. The van der Waals surface area contributed by atoms with Crippen LogP contribution in [0.15, 0.2) is 64.3 Å². The average molecular weight is 434 g/mol. The van der Waals surface area contributed by atoms with E-state index in [1.165, 1.54) is 12.1 Å². The van der Waals surface area contributed by atoms with Gasteiger partial charge in [-0.2, -0.15) is 4.98 Å². The van der Waals surface area contributed by atoms with Crippen molar-refractivity contribution in [1.29, 1.82) is 0 Å². The fourth-order valence-corrected chi connectivity index (χ4v) is 4.25. The van der Waals surface area contributed by atoms with E-state index in [4.69, 9.17) is 9.36 Å². The zero-order valence-corrected chi connectivity index (χ0v) is 17.7. The molecule has 1 unspecified atom stereocenters. The molecule has 5 rings (SSSR count). The first kappa shape index (κ1) is 20.4. The molecule has 1 aromatic heterocycles. The maximum atomic E-state index is 13.5. The number of aromatic nitrogens is 2. The Balaban J connectivity index is 1.20. The quantitative estimate of drug-likeness (QED) is 0.616. The fourth-order valence-electron chi connectivity index (χ4n) is 4.25. The van der Waals surface area contributed by atoms with Gasteiger partial charge in [0, 0.05) is 36.6 Å². The van der Waals surface area contributed by atoms with E-state index in [1.807, 2.05) is 30.3 Å². The maximum Gasteiger partial charge on any atom is 0.269 e. The van der Waals surface area contributed by atoms with E-state index in [0.717, 1.165) is 18.4 Å². The Morgan fingerprint density at radius 1 is 1.09 bits per heavy atom. The molecule has 8 heteroatoms. The van der Waals surface area contributed by atoms with Crippen molar-refractivity contribution in [3.05, 3.63) is 71.9 Å². The lowest BCUT2D eigenvalue weighted by molar-refractivity contribution is -0.154. The molecule has 0 saturated carbocycles. The van der Waals surface area contributed by atoms with E-state index in [1.54, 1.807) is 24.0 Å². The third-order valence-corrected chi connectivity index (χ3v) is 6.08. The summed E-state index contributed by atoms with van der Waals surface area (Å²) in [4.78, 5) is 25.1. The molecule has 1 fully saturated rings. The van der Waals surface area contributed by atoms with Crippen LogP contribution in [-0.4, -0.2) is 45.3 Å². The lowest BCUT2D eigenvalue weighted by Gasteiger charge is -2.34. The van der Waals surface area contributed by atoms with Crippen LogP contribution in [-0.2, 0) is 9.63 Å².